The molecular weight excluding hydrogens is 152 g/mol. The summed E-state index contributed by atoms with van der Waals surface area (Å²) in [5, 5.41) is 0. The van der Waals surface area contributed by atoms with Gasteiger partial charge in [-0.1, -0.05) is 13.8 Å². The van der Waals surface area contributed by atoms with Crippen molar-refractivity contribution in [2.75, 3.05) is 13.2 Å². The van der Waals surface area contributed by atoms with Crippen LogP contribution in [0.25, 0.3) is 0 Å². The van der Waals surface area contributed by atoms with Crippen molar-refractivity contribution in [3.63, 3.8) is 0 Å². The summed E-state index contributed by atoms with van der Waals surface area (Å²) >= 11 is 0. The molecule has 1 aliphatic rings. The van der Waals surface area contributed by atoms with E-state index in [2.05, 4.69) is 24.3 Å². The highest BCUT2D eigenvalue weighted by Gasteiger charge is 2.04. The molecule has 1 N–H and O–H groups in total. The molecule has 0 aromatic carbocycles. The molecule has 0 bridgehead atoms. The number of amidine groups is 1. The molecular formula is C9H18N2O. The number of hydrogen-bond acceptors (Lipinski definition) is 3. The minimum absolute atomic E-state index is 0.571. The number of hydrogen-bond donors (Lipinski definition) is 1. The van der Waals surface area contributed by atoms with E-state index in [1.165, 1.54) is 12.8 Å². The van der Waals surface area contributed by atoms with E-state index in [0.717, 1.165) is 25.4 Å². The first kappa shape index (κ1) is 9.52. The lowest BCUT2D eigenvalue weighted by Gasteiger charge is -2.14. The minimum atomic E-state index is 0.571. The lowest BCUT2D eigenvalue weighted by Crippen LogP contribution is -2.27. The molecule has 1 aliphatic heterocycles. The van der Waals surface area contributed by atoms with Crippen LogP contribution in [-0.2, 0) is 4.84 Å². The zero-order chi connectivity index (χ0) is 8.81. The predicted molar refractivity (Wildman–Crippen MR) is 50.1 cm³/mol. The number of rotatable bonds is 3. The highest BCUT2D eigenvalue weighted by Crippen LogP contribution is 2.03. The SMILES string of the molecule is CC(C)CONC1=NCCCC1. The summed E-state index contributed by atoms with van der Waals surface area (Å²) in [6.07, 6.45) is 3.49. The average molecular weight is 170 g/mol. The Morgan fingerprint density at radius 2 is 2.33 bits per heavy atom. The fraction of sp³-hybridized carbons (Fsp3) is 0.889. The summed E-state index contributed by atoms with van der Waals surface area (Å²) in [5.41, 5.74) is 2.90. The number of hydroxylamine groups is 1. The van der Waals surface area contributed by atoms with Crippen LogP contribution in [0, 0.1) is 5.92 Å². The third-order valence-corrected chi connectivity index (χ3v) is 1.73. The summed E-state index contributed by atoms with van der Waals surface area (Å²) in [5.74, 6) is 1.59. The Morgan fingerprint density at radius 3 is 2.92 bits per heavy atom. The van der Waals surface area contributed by atoms with E-state index in [1.54, 1.807) is 0 Å². The summed E-state index contributed by atoms with van der Waals surface area (Å²) in [6.45, 7) is 5.96. The Morgan fingerprint density at radius 1 is 1.50 bits per heavy atom. The Labute approximate surface area is 74.2 Å². The van der Waals surface area contributed by atoms with E-state index in [1.807, 2.05) is 0 Å². The summed E-state index contributed by atoms with van der Waals surface area (Å²) in [7, 11) is 0. The predicted octanol–water partition coefficient (Wildman–Crippen LogP) is 1.75. The molecule has 0 aromatic rings. The van der Waals surface area contributed by atoms with E-state index < -0.39 is 0 Å². The van der Waals surface area contributed by atoms with Gasteiger partial charge in [0.15, 0.2) is 0 Å². The molecule has 0 atom stereocenters. The van der Waals surface area contributed by atoms with Crippen molar-refractivity contribution in [2.24, 2.45) is 10.9 Å². The van der Waals surface area contributed by atoms with Crippen LogP contribution in [0.15, 0.2) is 4.99 Å². The fourth-order valence-electron chi connectivity index (χ4n) is 1.07. The number of nitrogens with zero attached hydrogens (tertiary/aromatic N) is 1. The van der Waals surface area contributed by atoms with Crippen LogP contribution in [0.5, 0.6) is 0 Å². The molecule has 3 heteroatoms. The third-order valence-electron chi connectivity index (χ3n) is 1.73. The van der Waals surface area contributed by atoms with E-state index >= 15 is 0 Å². The Kier molecular flexibility index (Phi) is 4.08. The van der Waals surface area contributed by atoms with Gasteiger partial charge in [-0.3, -0.25) is 15.3 Å². The molecule has 12 heavy (non-hydrogen) atoms. The van der Waals surface area contributed by atoms with Crippen molar-refractivity contribution >= 4 is 5.84 Å². The lowest BCUT2D eigenvalue weighted by molar-refractivity contribution is 0.0622. The first-order chi connectivity index (χ1) is 5.79. The van der Waals surface area contributed by atoms with Gasteiger partial charge in [0.1, 0.15) is 5.84 Å². The van der Waals surface area contributed by atoms with Crippen molar-refractivity contribution in [3.8, 4) is 0 Å². The first-order valence-corrected chi connectivity index (χ1v) is 4.70. The van der Waals surface area contributed by atoms with Gasteiger partial charge in [0.25, 0.3) is 0 Å². The van der Waals surface area contributed by atoms with Crippen molar-refractivity contribution < 1.29 is 4.84 Å². The van der Waals surface area contributed by atoms with Crippen LogP contribution in [-0.4, -0.2) is 19.0 Å². The van der Waals surface area contributed by atoms with Gasteiger partial charge < -0.3 is 0 Å². The zero-order valence-electron chi connectivity index (χ0n) is 7.97. The summed E-state index contributed by atoms with van der Waals surface area (Å²) in [4.78, 5) is 9.56. The molecule has 3 nitrogen and oxygen atoms in total. The molecule has 0 fully saturated rings. The molecule has 0 saturated carbocycles. The maximum Gasteiger partial charge on any atom is 0.120 e. The van der Waals surface area contributed by atoms with Gasteiger partial charge in [0.2, 0.25) is 0 Å². The van der Waals surface area contributed by atoms with E-state index in [9.17, 15) is 0 Å². The van der Waals surface area contributed by atoms with Gasteiger partial charge in [-0.25, -0.2) is 0 Å². The summed E-state index contributed by atoms with van der Waals surface area (Å²) in [6, 6.07) is 0. The third kappa shape index (κ3) is 3.72. The Balaban J connectivity index is 2.09. The molecule has 0 saturated heterocycles. The maximum absolute atomic E-state index is 5.25. The molecule has 1 rings (SSSR count). The van der Waals surface area contributed by atoms with Crippen molar-refractivity contribution in [3.05, 3.63) is 0 Å². The molecule has 0 radical (unpaired) electrons. The topological polar surface area (TPSA) is 33.6 Å². The van der Waals surface area contributed by atoms with Crippen LogP contribution in [0.3, 0.4) is 0 Å². The van der Waals surface area contributed by atoms with Crippen molar-refractivity contribution in [1.82, 2.24) is 5.48 Å². The standard InChI is InChI=1S/C9H18N2O/c1-8(2)7-12-11-9-5-3-4-6-10-9/h8H,3-7H2,1-2H3,(H,10,11). The molecule has 1 heterocycles. The highest BCUT2D eigenvalue weighted by molar-refractivity contribution is 5.81. The van der Waals surface area contributed by atoms with Gasteiger partial charge in [-0.05, 0) is 18.8 Å². The van der Waals surface area contributed by atoms with E-state index in [4.69, 9.17) is 4.84 Å². The Bertz CT molecular complexity index is 155. The Hall–Kier alpha value is -0.570. The van der Waals surface area contributed by atoms with Crippen molar-refractivity contribution in [2.45, 2.75) is 33.1 Å². The van der Waals surface area contributed by atoms with Crippen LogP contribution >= 0.6 is 0 Å². The molecule has 0 unspecified atom stereocenters. The average Bonchev–Trinajstić information content (AvgIpc) is 2.05. The van der Waals surface area contributed by atoms with E-state index in [-0.39, 0.29) is 0 Å². The molecule has 0 aliphatic carbocycles. The zero-order valence-corrected chi connectivity index (χ0v) is 7.97. The maximum atomic E-state index is 5.25. The van der Waals surface area contributed by atoms with Crippen LogP contribution < -0.4 is 5.48 Å². The van der Waals surface area contributed by atoms with Crippen LogP contribution in [0.2, 0.25) is 0 Å². The second-order valence-electron chi connectivity index (χ2n) is 3.59. The van der Waals surface area contributed by atoms with Crippen LogP contribution in [0.1, 0.15) is 33.1 Å². The smallest absolute Gasteiger partial charge is 0.120 e. The number of nitrogens with one attached hydrogen (secondary N) is 1. The lowest BCUT2D eigenvalue weighted by atomic mass is 10.2. The van der Waals surface area contributed by atoms with Gasteiger partial charge in [-0.2, -0.15) is 0 Å². The monoisotopic (exact) mass is 170 g/mol. The highest BCUT2D eigenvalue weighted by atomic mass is 16.6. The van der Waals surface area contributed by atoms with E-state index in [0.29, 0.717) is 5.92 Å². The quantitative estimate of drug-likeness (QED) is 0.655. The largest absolute Gasteiger partial charge is 0.275 e. The van der Waals surface area contributed by atoms with Crippen molar-refractivity contribution in [1.29, 1.82) is 0 Å². The molecule has 0 aromatic heterocycles. The molecule has 70 valence electrons. The van der Waals surface area contributed by atoms with Gasteiger partial charge in [-0.15, -0.1) is 0 Å². The molecule has 0 amide bonds. The van der Waals surface area contributed by atoms with Gasteiger partial charge in [0.05, 0.1) is 6.61 Å². The normalized spacial score (nSPS) is 17.8. The van der Waals surface area contributed by atoms with Gasteiger partial charge >= 0.3 is 0 Å². The number of aliphatic imine (C=N–C) groups is 1. The fourth-order valence-corrected chi connectivity index (χ4v) is 1.07. The summed E-state index contributed by atoms with van der Waals surface area (Å²) < 4.78 is 0. The second-order valence-corrected chi connectivity index (χ2v) is 3.59. The second kappa shape index (κ2) is 5.14. The molecule has 0 spiro atoms. The van der Waals surface area contributed by atoms with Crippen LogP contribution in [0.4, 0.5) is 0 Å². The first-order valence-electron chi connectivity index (χ1n) is 4.70. The minimum Gasteiger partial charge on any atom is -0.275 e. The van der Waals surface area contributed by atoms with Gasteiger partial charge in [0, 0.05) is 13.0 Å².